The van der Waals surface area contributed by atoms with E-state index in [9.17, 15) is 19.8 Å². The van der Waals surface area contributed by atoms with Crippen LogP contribution in [0, 0.1) is 6.92 Å². The summed E-state index contributed by atoms with van der Waals surface area (Å²) in [5.74, 6) is -1.75. The SMILES string of the molecule is CCCCOCCCNc1nc(Nc2ccc(N=Nc3cc(COO)cc(COO)c3)cc2)nc(Nc2ccc(N=Nc3cc(C(=O)O)cc(C(=O)O)c3)c(C)c2)n1. The molecule has 19 nitrogen and oxygen atoms in total. The van der Waals surface area contributed by atoms with E-state index in [-0.39, 0.29) is 41.9 Å². The molecule has 0 saturated carbocycles. The van der Waals surface area contributed by atoms with Crippen LogP contribution in [0.25, 0.3) is 0 Å². The Morgan fingerprint density at radius 3 is 1.79 bits per heavy atom. The summed E-state index contributed by atoms with van der Waals surface area (Å²) >= 11 is 0. The molecule has 1 heterocycles. The number of aromatic nitrogens is 3. The van der Waals surface area contributed by atoms with Gasteiger partial charge in [-0.15, -0.1) is 0 Å². The quantitative estimate of drug-likeness (QED) is 0.0149. The van der Waals surface area contributed by atoms with Crippen molar-refractivity contribution in [2.45, 2.75) is 46.3 Å². The molecule has 0 unspecified atom stereocenters. The number of ether oxygens (including phenoxy) is 1. The first kappa shape index (κ1) is 42.4. The van der Waals surface area contributed by atoms with Gasteiger partial charge in [0.2, 0.25) is 17.8 Å². The van der Waals surface area contributed by atoms with Gasteiger partial charge < -0.3 is 30.9 Å². The Morgan fingerprint density at radius 2 is 1.19 bits per heavy atom. The lowest BCUT2D eigenvalue weighted by Crippen LogP contribution is -2.12. The summed E-state index contributed by atoms with van der Waals surface area (Å²) in [4.78, 5) is 45.1. The van der Waals surface area contributed by atoms with Gasteiger partial charge in [0, 0.05) is 31.1 Å². The number of hydrogen-bond donors (Lipinski definition) is 7. The van der Waals surface area contributed by atoms with Crippen LogP contribution in [0.4, 0.5) is 52.0 Å². The van der Waals surface area contributed by atoms with E-state index >= 15 is 0 Å². The highest BCUT2D eigenvalue weighted by atomic mass is 17.1. The van der Waals surface area contributed by atoms with Gasteiger partial charge in [-0.2, -0.15) is 35.4 Å². The number of nitrogens with zero attached hydrogens (tertiary/aromatic N) is 7. The number of rotatable bonds is 22. The predicted molar refractivity (Wildman–Crippen MR) is 213 cm³/mol. The molecule has 0 aliphatic heterocycles. The van der Waals surface area contributed by atoms with Gasteiger partial charge in [0.25, 0.3) is 0 Å². The zero-order chi connectivity index (χ0) is 41.3. The van der Waals surface area contributed by atoms with Crippen LogP contribution >= 0.6 is 0 Å². The topological polar surface area (TPSA) is 267 Å². The molecule has 19 heteroatoms. The summed E-state index contributed by atoms with van der Waals surface area (Å²) < 4.78 is 5.67. The van der Waals surface area contributed by atoms with E-state index in [0.717, 1.165) is 25.3 Å². The fraction of sp³-hybridized carbons (Fsp3) is 0.256. The minimum atomic E-state index is -1.28. The second-order valence-corrected chi connectivity index (χ2v) is 12.7. The maximum absolute atomic E-state index is 11.5. The molecule has 0 atom stereocenters. The van der Waals surface area contributed by atoms with E-state index in [2.05, 4.69) is 68.1 Å². The first-order valence-electron chi connectivity index (χ1n) is 18.1. The Hall–Kier alpha value is -6.77. The van der Waals surface area contributed by atoms with Crippen LogP contribution in [0.5, 0.6) is 0 Å². The number of carboxylic acids is 2. The van der Waals surface area contributed by atoms with E-state index < -0.39 is 11.9 Å². The van der Waals surface area contributed by atoms with Gasteiger partial charge in [0.15, 0.2) is 0 Å². The van der Waals surface area contributed by atoms with Crippen molar-refractivity contribution in [3.05, 3.63) is 107 Å². The van der Waals surface area contributed by atoms with Gasteiger partial charge in [0.05, 0.1) is 33.9 Å². The third-order valence-corrected chi connectivity index (χ3v) is 8.07. The maximum Gasteiger partial charge on any atom is 0.335 e. The zero-order valence-corrected chi connectivity index (χ0v) is 31.6. The average Bonchev–Trinajstić information content (AvgIpc) is 3.20. The maximum atomic E-state index is 11.5. The molecular weight excluding hydrogens is 752 g/mol. The summed E-state index contributed by atoms with van der Waals surface area (Å²) in [7, 11) is 0. The molecule has 0 fully saturated rings. The summed E-state index contributed by atoms with van der Waals surface area (Å²) in [6.45, 7) is 5.62. The van der Waals surface area contributed by atoms with Crippen molar-refractivity contribution in [3.63, 3.8) is 0 Å². The van der Waals surface area contributed by atoms with Gasteiger partial charge in [-0.25, -0.2) is 19.4 Å². The number of unbranched alkanes of at least 4 members (excludes halogenated alkanes) is 1. The molecule has 58 heavy (non-hydrogen) atoms. The number of nitrogens with one attached hydrogen (secondary N) is 3. The molecule has 7 N–H and O–H groups in total. The van der Waals surface area contributed by atoms with Crippen molar-refractivity contribution in [3.8, 4) is 0 Å². The van der Waals surface area contributed by atoms with E-state index in [0.29, 0.717) is 70.8 Å². The lowest BCUT2D eigenvalue weighted by Gasteiger charge is -2.12. The molecule has 4 aromatic carbocycles. The molecule has 0 aliphatic rings. The first-order chi connectivity index (χ1) is 28.1. The van der Waals surface area contributed by atoms with Crippen molar-refractivity contribution in [1.29, 1.82) is 0 Å². The van der Waals surface area contributed by atoms with Crippen LogP contribution < -0.4 is 16.0 Å². The molecule has 0 spiro atoms. The van der Waals surface area contributed by atoms with Gasteiger partial charge in [-0.05, 0) is 109 Å². The fourth-order valence-corrected chi connectivity index (χ4v) is 5.26. The summed E-state index contributed by atoms with van der Waals surface area (Å²) in [5, 5.41) is 63.0. The molecule has 0 saturated heterocycles. The van der Waals surface area contributed by atoms with Crippen LogP contribution in [0.1, 0.15) is 63.6 Å². The minimum absolute atomic E-state index is 0.0755. The third-order valence-electron chi connectivity index (χ3n) is 8.07. The van der Waals surface area contributed by atoms with E-state index in [4.69, 9.17) is 15.3 Å². The Kier molecular flexibility index (Phi) is 15.7. The lowest BCUT2D eigenvalue weighted by molar-refractivity contribution is -0.254. The predicted octanol–water partition coefficient (Wildman–Crippen LogP) is 9.49. The molecule has 5 rings (SSSR count). The van der Waals surface area contributed by atoms with Crippen molar-refractivity contribution in [2.24, 2.45) is 20.5 Å². The summed E-state index contributed by atoms with van der Waals surface area (Å²) in [6, 6.07) is 20.9. The van der Waals surface area contributed by atoms with Crippen LogP contribution in [-0.4, -0.2) is 67.4 Å². The Bertz CT molecular complexity index is 2180. The molecule has 0 aliphatic carbocycles. The number of benzene rings is 4. The van der Waals surface area contributed by atoms with E-state index in [1.54, 1.807) is 60.7 Å². The molecule has 0 bridgehead atoms. The number of anilines is 5. The standard InChI is InChI=1S/C39H42N10O9/c1-3-4-13-56-14-5-12-40-37-43-38(41-29-6-8-30(9-7-29)46-47-32-17-25(22-57-54)16-26(18-32)23-58-55)45-39(44-37)42-31-10-11-34(24(2)15-31)49-48-33-20-27(35(50)51)19-28(21-33)36(52)53/h6-11,15-21,54-55H,3-5,12-14,22-23H2,1-2H3,(H,50,51)(H,52,53)(H3,40,41,42,43,44,45). The monoisotopic (exact) mass is 794 g/mol. The number of carbonyl (C=O) groups is 2. The Labute approximate surface area is 332 Å². The van der Waals surface area contributed by atoms with Crippen molar-refractivity contribution in [1.82, 2.24) is 15.0 Å². The lowest BCUT2D eigenvalue weighted by atomic mass is 10.1. The van der Waals surface area contributed by atoms with Gasteiger partial charge in [0.1, 0.15) is 13.2 Å². The number of aromatic carboxylic acids is 2. The van der Waals surface area contributed by atoms with E-state index in [1.165, 1.54) is 12.1 Å². The van der Waals surface area contributed by atoms with Crippen LogP contribution in [-0.2, 0) is 27.7 Å². The average molecular weight is 795 g/mol. The zero-order valence-electron chi connectivity index (χ0n) is 31.6. The number of aryl methyl sites for hydroxylation is 1. The highest BCUT2D eigenvalue weighted by Crippen LogP contribution is 2.29. The summed E-state index contributed by atoms with van der Waals surface area (Å²) in [6.07, 6.45) is 2.80. The number of carboxylic acid groups (broad SMARTS) is 2. The Morgan fingerprint density at radius 1 is 0.638 bits per heavy atom. The molecule has 302 valence electrons. The van der Waals surface area contributed by atoms with Crippen molar-refractivity contribution in [2.75, 3.05) is 35.7 Å². The van der Waals surface area contributed by atoms with Crippen LogP contribution in [0.15, 0.2) is 99.3 Å². The Balaban J connectivity index is 1.31. The van der Waals surface area contributed by atoms with Crippen LogP contribution in [0.3, 0.4) is 0 Å². The smallest absolute Gasteiger partial charge is 0.335 e. The molecule has 1 aromatic heterocycles. The highest BCUT2D eigenvalue weighted by Gasteiger charge is 2.13. The van der Waals surface area contributed by atoms with Gasteiger partial charge in [-0.3, -0.25) is 10.5 Å². The molecule has 5 aromatic rings. The third kappa shape index (κ3) is 13.2. The number of hydrogen-bond acceptors (Lipinski definition) is 17. The van der Waals surface area contributed by atoms with Gasteiger partial charge >= 0.3 is 11.9 Å². The summed E-state index contributed by atoms with van der Waals surface area (Å²) in [5.41, 5.74) is 4.35. The normalized spacial score (nSPS) is 11.3. The fourth-order valence-electron chi connectivity index (χ4n) is 5.26. The largest absolute Gasteiger partial charge is 0.478 e. The van der Waals surface area contributed by atoms with Crippen molar-refractivity contribution < 1.29 is 44.8 Å². The second kappa shape index (κ2) is 21.5. The van der Waals surface area contributed by atoms with E-state index in [1.807, 2.05) is 6.92 Å². The highest BCUT2D eigenvalue weighted by molar-refractivity contribution is 5.95. The number of azo groups is 2. The molecular formula is C39H42N10O9. The first-order valence-corrected chi connectivity index (χ1v) is 18.1. The van der Waals surface area contributed by atoms with Crippen molar-refractivity contribution >= 4 is 63.9 Å². The van der Waals surface area contributed by atoms with Crippen LogP contribution in [0.2, 0.25) is 0 Å². The minimum Gasteiger partial charge on any atom is -0.478 e. The molecule has 0 radical (unpaired) electrons. The molecule has 0 amide bonds. The van der Waals surface area contributed by atoms with Gasteiger partial charge in [-0.1, -0.05) is 19.4 Å². The second-order valence-electron chi connectivity index (χ2n) is 12.7.